The van der Waals surface area contributed by atoms with Crippen molar-refractivity contribution in [2.45, 2.75) is 366 Å². The lowest BCUT2D eigenvalue weighted by atomic mass is 9.93. The zero-order valence-electron chi connectivity index (χ0n) is 77.0. The Bertz CT molecular complexity index is 4080. The number of rotatable bonds is 42. The molecule has 11 rings (SSSR count). The molecule has 11 heterocycles. The van der Waals surface area contributed by atoms with E-state index in [0.29, 0.717) is 0 Å². The van der Waals surface area contributed by atoms with Crippen LogP contribution in [0.2, 0.25) is 0 Å². The Morgan fingerprint density at radius 2 is 0.608 bits per heavy atom. The Kier molecular flexibility index (Phi) is 43.4. The third kappa shape index (κ3) is 27.3. The van der Waals surface area contributed by atoms with E-state index in [2.05, 4.69) is 36.9 Å². The smallest absolute Gasteiger partial charge is 0.217 e. The summed E-state index contributed by atoms with van der Waals surface area (Å²) in [5.41, 5.74) is 0. The molecule has 0 unspecified atom stereocenters. The Hall–Kier alpha value is -5.70. The summed E-state index contributed by atoms with van der Waals surface area (Å²) in [4.78, 5) is 70.0. The van der Waals surface area contributed by atoms with Crippen LogP contribution in [-0.4, -0.2) is 598 Å². The molecule has 54 atom stereocenters. The fourth-order valence-corrected chi connectivity index (χ4v) is 18.1. The zero-order chi connectivity index (χ0) is 105. The molecule has 36 N–H and O–H groups in total. The Labute approximate surface area is 811 Å². The molecule has 10 saturated heterocycles. The first-order chi connectivity index (χ1) is 67.9. The number of aliphatic hydroxyl groups is 30. The van der Waals surface area contributed by atoms with Crippen molar-refractivity contribution in [3.63, 3.8) is 0 Å². The second-order valence-corrected chi connectivity index (χ2v) is 35.7. The number of nitrogens with one attached hydrogen (secondary N) is 6. The minimum atomic E-state index is -2.78. The second kappa shape index (κ2) is 52.8. The van der Waals surface area contributed by atoms with E-state index in [1.807, 2.05) is 0 Å². The maximum atomic E-state index is 13.5. The van der Waals surface area contributed by atoms with Crippen LogP contribution in [0.15, 0.2) is 24.4 Å². The number of amides is 5. The molecule has 822 valence electrons. The van der Waals surface area contributed by atoms with Crippen molar-refractivity contribution in [1.29, 1.82) is 0 Å². The molecule has 0 bridgehead atoms. The van der Waals surface area contributed by atoms with Crippen LogP contribution in [0.3, 0.4) is 0 Å². The van der Waals surface area contributed by atoms with Crippen LogP contribution >= 0.6 is 0 Å². The van der Waals surface area contributed by atoms with Crippen LogP contribution in [-0.2, 0) is 119 Å². The van der Waals surface area contributed by atoms with Gasteiger partial charge in [0.2, 0.25) is 29.5 Å². The molecule has 0 aromatic carbocycles. The van der Waals surface area contributed by atoms with Crippen molar-refractivity contribution in [3.05, 3.63) is 24.4 Å². The molecule has 0 spiro atoms. The minimum absolute atomic E-state index is 0.203. The van der Waals surface area contributed by atoms with E-state index in [1.54, 1.807) is 12.1 Å². The standard InChI is InChI=1S/C81H133N7O55/c1-22(99)84-27(10-83-39-8-6-7-9-82-39)44(105)63(28(104)11-89)135-72-40(85-23(2)100)50(111)67(36(19-97)129-72)140-79-62(123)69(49(110)38(134-79)21-124-80-70(57(118)48(109)32(15-93)128-80)142-74-42(87-25(4)102)52(113)65(34(17-95)131-74)138-77-59(120)55(116)46(107)30(13-91)126-77)141-81-71(143-75-43(88-26(5)103)53(114)66(35(18-96)132-75)139-78-60(121)56(117)47(108)31(14-92)127-78)61(122)68(37(20-98)133-81)136-73-41(86-24(3)101)51(112)64(33(16-94)130-73)137-76-58(119)54(115)45(106)29(12-90)125-76/h6-9,27-38,40-81,89-98,104-123H,10-21H2,1-5H3,(H,82,83)(H,84,99)(H,85,100)(H,86,101)(H,87,102)(H,88,103)/t27-,28+,29+,30+,31+,32+,33+,34+,35+,36+,37+,38+,40+,41+,42+,43+,44+,45-,46-,47-,48+,49+,50+,51+,52+,53+,54-,55-,56-,57-,58+,59+,60+,61-,62-,63+,64+,65+,66+,67+,68+,69-,70-,71-,72-,73-,74-,75-,76-,77-,78-,79-,80-,81+/m0/s1. The van der Waals surface area contributed by atoms with Gasteiger partial charge in [-0.1, -0.05) is 6.07 Å². The predicted octanol–water partition coefficient (Wildman–Crippen LogP) is -23.1. The highest BCUT2D eigenvalue weighted by Gasteiger charge is 2.63. The average molecular weight is 2080 g/mol. The maximum Gasteiger partial charge on any atom is 0.217 e. The van der Waals surface area contributed by atoms with Crippen molar-refractivity contribution in [2.24, 2.45) is 0 Å². The highest BCUT2D eigenvalue weighted by Crippen LogP contribution is 2.42. The largest absolute Gasteiger partial charge is 0.394 e. The molecule has 62 nitrogen and oxygen atoms in total. The van der Waals surface area contributed by atoms with Crippen molar-refractivity contribution >= 4 is 35.4 Å². The van der Waals surface area contributed by atoms with Gasteiger partial charge >= 0.3 is 0 Å². The third-order valence-electron chi connectivity index (χ3n) is 25.6. The van der Waals surface area contributed by atoms with Gasteiger partial charge in [-0.05, 0) is 12.1 Å². The summed E-state index contributed by atoms with van der Waals surface area (Å²) in [6.07, 6.45) is -107. The summed E-state index contributed by atoms with van der Waals surface area (Å²) in [5, 5.41) is 355. The van der Waals surface area contributed by atoms with Crippen LogP contribution in [0, 0.1) is 0 Å². The highest BCUT2D eigenvalue weighted by atomic mass is 16.8. The van der Waals surface area contributed by atoms with E-state index >= 15 is 0 Å². The summed E-state index contributed by atoms with van der Waals surface area (Å²) in [7, 11) is 0. The lowest BCUT2D eigenvalue weighted by Crippen LogP contribution is -2.71. The summed E-state index contributed by atoms with van der Waals surface area (Å²) >= 11 is 0. The zero-order valence-corrected chi connectivity index (χ0v) is 77.0. The number of aromatic nitrogens is 1. The molecule has 62 heteroatoms. The van der Waals surface area contributed by atoms with Crippen LogP contribution < -0.4 is 31.9 Å². The van der Waals surface area contributed by atoms with Crippen molar-refractivity contribution in [1.82, 2.24) is 31.6 Å². The first-order valence-electron chi connectivity index (χ1n) is 45.6. The van der Waals surface area contributed by atoms with E-state index in [-0.39, 0.29) is 5.82 Å². The molecule has 1 aromatic heterocycles. The van der Waals surface area contributed by atoms with Crippen LogP contribution in [0.4, 0.5) is 5.82 Å². The second-order valence-electron chi connectivity index (χ2n) is 35.7. The maximum absolute atomic E-state index is 13.5. The first kappa shape index (κ1) is 118. The Morgan fingerprint density at radius 1 is 0.308 bits per heavy atom. The number of carbonyl (C=O) groups excluding carboxylic acids is 5. The fraction of sp³-hybridized carbons (Fsp3) is 0.877. The molecule has 1 aromatic rings. The van der Waals surface area contributed by atoms with Crippen LogP contribution in [0.5, 0.6) is 0 Å². The summed E-state index contributed by atoms with van der Waals surface area (Å²) in [5.74, 6) is -4.67. The molecule has 143 heavy (non-hydrogen) atoms. The lowest BCUT2D eigenvalue weighted by Gasteiger charge is -2.52. The fourth-order valence-electron chi connectivity index (χ4n) is 18.1. The van der Waals surface area contributed by atoms with Gasteiger partial charge in [0.05, 0.1) is 78.7 Å². The highest BCUT2D eigenvalue weighted by molar-refractivity contribution is 5.75. The van der Waals surface area contributed by atoms with Gasteiger partial charge in [0.25, 0.3) is 0 Å². The van der Waals surface area contributed by atoms with Crippen molar-refractivity contribution < 1.29 is 272 Å². The molecule has 10 fully saturated rings. The van der Waals surface area contributed by atoms with Gasteiger partial charge in [0, 0.05) is 47.4 Å². The van der Waals surface area contributed by atoms with Crippen LogP contribution in [0.1, 0.15) is 34.6 Å². The van der Waals surface area contributed by atoms with Gasteiger partial charge in [-0.2, -0.15) is 0 Å². The number of pyridine rings is 1. The van der Waals surface area contributed by atoms with E-state index < -0.39 is 440 Å². The lowest BCUT2D eigenvalue weighted by molar-refractivity contribution is -0.406. The average Bonchev–Trinajstić information content (AvgIpc) is 0.748. The molecular formula is C81H133N7O55. The number of hydrogen-bond acceptors (Lipinski definition) is 57. The van der Waals surface area contributed by atoms with Crippen molar-refractivity contribution in [2.75, 3.05) is 84.5 Å². The summed E-state index contributed by atoms with van der Waals surface area (Å²) in [6, 6.07) is -5.11. The van der Waals surface area contributed by atoms with E-state index in [0.717, 1.165) is 34.6 Å². The SMILES string of the molecule is CC(=O)N[C@H]1[C@H](O[C@@H]([C@H](O)[C@H](CNc2ccccn2)NC(C)=O)[C@H](O)CO)O[C@H](CO)[C@@H](O[C@@H]2O[C@H](CO[C@H]3O[C@H](CO)[C@@H](O)[C@H](O)[C@@H]3O[C@@H]3O[C@H](CO)[C@@H](O[C@@H]4O[C@H](CO)[C@H](O)[C@H](O)[C@H]4O)[C@H](O)[C@H]3NC(C)=O)[C@@H](O)[C@H](O[C@H]3O[C@H](CO)[C@@H](O[C@@H]4O[C@H](CO)[C@@H](O[C@@H]5O[C@H](CO)[C@H](O)[C@H](O)[C@H]5O)[C@H](O)[C@H]4NC(C)=O)[C@H](O)[C@@H]3O[C@@H]3O[C@H](CO)[C@@H](O[C@@H]4O[C@H](CO)[C@H](O)[C@H](O)[C@H]4O)[C@H](O)[C@H]3NC(C)=O)[C@@H]2O)[C@@H]1O. The third-order valence-corrected chi connectivity index (χ3v) is 25.6. The molecular weight excluding hydrogens is 1950 g/mol. The topological polar surface area (TPSA) is 962 Å². The minimum Gasteiger partial charge on any atom is -0.394 e. The van der Waals surface area contributed by atoms with Crippen molar-refractivity contribution in [3.8, 4) is 0 Å². The van der Waals surface area contributed by atoms with Gasteiger partial charge in [-0.3, -0.25) is 24.0 Å². The molecule has 0 aliphatic carbocycles. The van der Waals surface area contributed by atoms with Crippen LogP contribution in [0.25, 0.3) is 0 Å². The van der Waals surface area contributed by atoms with E-state index in [9.17, 15) is 177 Å². The van der Waals surface area contributed by atoms with E-state index in [1.165, 1.54) is 12.3 Å². The predicted molar refractivity (Wildman–Crippen MR) is 448 cm³/mol. The molecule has 0 radical (unpaired) electrons. The number of hydrogen-bond donors (Lipinski definition) is 36. The summed E-state index contributed by atoms with van der Waals surface area (Å²) < 4.78 is 121. The van der Waals surface area contributed by atoms with Gasteiger partial charge < -0.3 is 280 Å². The molecule has 0 saturated carbocycles. The Balaban J connectivity index is 0.988. The molecule has 10 aliphatic rings. The summed E-state index contributed by atoms with van der Waals surface area (Å²) in [6.45, 7) is -8.97. The number of anilines is 1. The number of ether oxygens (including phenoxy) is 20. The number of carbonyl (C=O) groups is 5. The van der Waals surface area contributed by atoms with Gasteiger partial charge in [0.15, 0.2) is 62.9 Å². The normalized spacial score (nSPS) is 45.0. The Morgan fingerprint density at radius 3 is 0.958 bits per heavy atom. The number of aliphatic hydroxyl groups excluding tert-OH is 30. The van der Waals surface area contributed by atoms with Gasteiger partial charge in [0.1, 0.15) is 268 Å². The molecule has 5 amide bonds. The quantitative estimate of drug-likeness (QED) is 0.0289. The van der Waals surface area contributed by atoms with E-state index in [4.69, 9.17) is 94.7 Å². The van der Waals surface area contributed by atoms with Gasteiger partial charge in [-0.15, -0.1) is 0 Å². The first-order valence-corrected chi connectivity index (χ1v) is 45.6. The number of nitrogens with zero attached hydrogens (tertiary/aromatic N) is 1. The van der Waals surface area contributed by atoms with Gasteiger partial charge in [-0.25, -0.2) is 4.98 Å². The molecule has 10 aliphatic heterocycles. The monoisotopic (exact) mass is 2080 g/mol.